The summed E-state index contributed by atoms with van der Waals surface area (Å²) in [4.78, 5) is 15.3. The molecular formula is C21H29ClN4O. The number of amides is 1. The first-order valence-electron chi connectivity index (χ1n) is 9.95. The molecule has 3 heterocycles. The summed E-state index contributed by atoms with van der Waals surface area (Å²) in [5, 5.41) is 8.07. The molecule has 5 nitrogen and oxygen atoms in total. The van der Waals surface area contributed by atoms with Crippen molar-refractivity contribution in [2.45, 2.75) is 50.6 Å². The molecule has 2 unspecified atom stereocenters. The van der Waals surface area contributed by atoms with Crippen molar-refractivity contribution in [1.29, 1.82) is 0 Å². The smallest absolute Gasteiger partial charge is 0.274 e. The normalized spacial score (nSPS) is 23.3. The summed E-state index contributed by atoms with van der Waals surface area (Å²) in [5.74, 6) is 0.0725. The van der Waals surface area contributed by atoms with Crippen LogP contribution < -0.4 is 5.32 Å². The van der Waals surface area contributed by atoms with E-state index < -0.39 is 0 Å². The Balaban J connectivity index is 0.00000210. The Morgan fingerprint density at radius 1 is 1.04 bits per heavy atom. The molecular weight excluding hydrogens is 360 g/mol. The van der Waals surface area contributed by atoms with Gasteiger partial charge in [-0.1, -0.05) is 43.2 Å². The van der Waals surface area contributed by atoms with Crippen LogP contribution in [0.1, 0.15) is 66.7 Å². The number of benzene rings is 1. The number of nitrogens with one attached hydrogen (secondary N) is 1. The molecule has 0 radical (unpaired) electrons. The second-order valence-corrected chi connectivity index (χ2v) is 7.46. The number of aromatic nitrogens is 2. The van der Waals surface area contributed by atoms with Gasteiger partial charge < -0.3 is 10.2 Å². The van der Waals surface area contributed by atoms with Crippen molar-refractivity contribution < 1.29 is 4.79 Å². The van der Waals surface area contributed by atoms with Crippen molar-refractivity contribution in [2.75, 3.05) is 19.6 Å². The average molecular weight is 389 g/mol. The molecule has 1 amide bonds. The van der Waals surface area contributed by atoms with E-state index in [9.17, 15) is 4.79 Å². The summed E-state index contributed by atoms with van der Waals surface area (Å²) in [6.45, 7) is 2.83. The molecule has 27 heavy (non-hydrogen) atoms. The van der Waals surface area contributed by atoms with E-state index in [4.69, 9.17) is 0 Å². The van der Waals surface area contributed by atoms with Gasteiger partial charge >= 0.3 is 0 Å². The molecule has 146 valence electrons. The lowest BCUT2D eigenvalue weighted by molar-refractivity contribution is 0.0673. The highest BCUT2D eigenvalue weighted by Gasteiger charge is 2.29. The number of likely N-dealkylation sites (tertiary alicyclic amines) is 1. The summed E-state index contributed by atoms with van der Waals surface area (Å²) in [7, 11) is 0. The second kappa shape index (κ2) is 9.38. The van der Waals surface area contributed by atoms with Crippen LogP contribution in [0.4, 0.5) is 0 Å². The molecule has 0 aliphatic carbocycles. The summed E-state index contributed by atoms with van der Waals surface area (Å²) in [6, 6.07) is 12.9. The average Bonchev–Trinajstić information content (AvgIpc) is 3.07. The van der Waals surface area contributed by atoms with Gasteiger partial charge in [0.15, 0.2) is 0 Å². The van der Waals surface area contributed by atoms with Crippen LogP contribution in [0.2, 0.25) is 0 Å². The van der Waals surface area contributed by atoms with Gasteiger partial charge in [0.25, 0.3) is 5.91 Å². The third kappa shape index (κ3) is 4.53. The van der Waals surface area contributed by atoms with Crippen LogP contribution in [0.5, 0.6) is 0 Å². The molecule has 1 aromatic carbocycles. The van der Waals surface area contributed by atoms with Gasteiger partial charge in [-0.15, -0.1) is 12.4 Å². The van der Waals surface area contributed by atoms with Gasteiger partial charge in [0, 0.05) is 19.3 Å². The third-order valence-corrected chi connectivity index (χ3v) is 5.67. The Kier molecular flexibility index (Phi) is 6.91. The molecule has 0 saturated carbocycles. The van der Waals surface area contributed by atoms with E-state index >= 15 is 0 Å². The minimum atomic E-state index is 0. The molecule has 6 heteroatoms. The van der Waals surface area contributed by atoms with Gasteiger partial charge in [-0.2, -0.15) is 5.10 Å². The van der Waals surface area contributed by atoms with E-state index in [-0.39, 0.29) is 24.4 Å². The lowest BCUT2D eigenvalue weighted by Gasteiger charge is -2.30. The van der Waals surface area contributed by atoms with E-state index in [1.54, 1.807) is 0 Å². The van der Waals surface area contributed by atoms with E-state index in [0.29, 0.717) is 11.7 Å². The molecule has 0 bridgehead atoms. The maximum absolute atomic E-state index is 13.3. The molecule has 1 N–H and O–H groups in total. The van der Waals surface area contributed by atoms with Crippen LogP contribution in [0.3, 0.4) is 0 Å². The zero-order valence-corrected chi connectivity index (χ0v) is 16.5. The van der Waals surface area contributed by atoms with Crippen molar-refractivity contribution >= 4 is 18.3 Å². The van der Waals surface area contributed by atoms with Crippen LogP contribution in [-0.2, 0) is 0 Å². The predicted octanol–water partition coefficient (Wildman–Crippen LogP) is 3.99. The van der Waals surface area contributed by atoms with Gasteiger partial charge in [-0.3, -0.25) is 9.48 Å². The number of hydrogen-bond donors (Lipinski definition) is 1. The van der Waals surface area contributed by atoms with Crippen molar-refractivity contribution in [1.82, 2.24) is 20.0 Å². The van der Waals surface area contributed by atoms with E-state index in [1.165, 1.54) is 18.4 Å². The van der Waals surface area contributed by atoms with Crippen LogP contribution >= 0.6 is 12.4 Å². The van der Waals surface area contributed by atoms with Crippen molar-refractivity contribution in [2.24, 2.45) is 0 Å². The number of carbonyl (C=O) groups excluding carboxylic acids is 1. The Labute approximate surface area is 167 Å². The van der Waals surface area contributed by atoms with E-state index in [2.05, 4.69) is 34.7 Å². The third-order valence-electron chi connectivity index (χ3n) is 5.67. The minimum Gasteiger partial charge on any atom is -0.330 e. The minimum absolute atomic E-state index is 0. The molecule has 2 aliphatic rings. The molecule has 2 atom stereocenters. The molecule has 4 rings (SSSR count). The van der Waals surface area contributed by atoms with Crippen LogP contribution in [0.15, 0.2) is 42.6 Å². The number of nitrogens with zero attached hydrogens (tertiary/aromatic N) is 3. The number of piperidine rings is 1. The molecule has 2 fully saturated rings. The first-order valence-corrected chi connectivity index (χ1v) is 9.95. The standard InChI is InChI=1S/C21H28N4O.ClH/c26-21(19-12-15-25(23-19)18-10-7-13-22-16-18)24-14-6-2-5-11-20(24)17-8-3-1-4-9-17;/h1,3-4,8-9,12,15,18,20,22H,2,5-7,10-11,13-14,16H2;1H. The Morgan fingerprint density at radius 2 is 1.89 bits per heavy atom. The summed E-state index contributed by atoms with van der Waals surface area (Å²) in [5.41, 5.74) is 1.82. The van der Waals surface area contributed by atoms with Crippen molar-refractivity contribution in [3.63, 3.8) is 0 Å². The van der Waals surface area contributed by atoms with E-state index in [1.807, 2.05) is 27.9 Å². The fraction of sp³-hybridized carbons (Fsp3) is 0.524. The highest BCUT2D eigenvalue weighted by Crippen LogP contribution is 2.31. The van der Waals surface area contributed by atoms with Gasteiger partial charge in [0.05, 0.1) is 12.1 Å². The topological polar surface area (TPSA) is 50.2 Å². The number of halogens is 1. The predicted molar refractivity (Wildman–Crippen MR) is 109 cm³/mol. The first kappa shape index (κ1) is 19.9. The maximum Gasteiger partial charge on any atom is 0.274 e. The van der Waals surface area contributed by atoms with Crippen molar-refractivity contribution in [3.05, 3.63) is 53.9 Å². The molecule has 0 spiro atoms. The first-order chi connectivity index (χ1) is 12.8. The Hall–Kier alpha value is -1.85. The fourth-order valence-electron chi connectivity index (χ4n) is 4.23. The highest BCUT2D eigenvalue weighted by atomic mass is 35.5. The largest absolute Gasteiger partial charge is 0.330 e. The monoisotopic (exact) mass is 388 g/mol. The number of carbonyl (C=O) groups is 1. The van der Waals surface area contributed by atoms with Crippen LogP contribution in [0.25, 0.3) is 0 Å². The Bertz CT molecular complexity index is 727. The number of hydrogen-bond acceptors (Lipinski definition) is 3. The fourth-order valence-corrected chi connectivity index (χ4v) is 4.23. The summed E-state index contributed by atoms with van der Waals surface area (Å²) >= 11 is 0. The summed E-state index contributed by atoms with van der Waals surface area (Å²) < 4.78 is 1.98. The lowest BCUT2D eigenvalue weighted by atomic mass is 10.0. The van der Waals surface area contributed by atoms with E-state index in [0.717, 1.165) is 45.3 Å². The maximum atomic E-state index is 13.3. The zero-order chi connectivity index (χ0) is 17.8. The highest BCUT2D eigenvalue weighted by molar-refractivity contribution is 5.92. The molecule has 1 aromatic heterocycles. The quantitative estimate of drug-likeness (QED) is 0.864. The van der Waals surface area contributed by atoms with Crippen LogP contribution in [0, 0.1) is 0 Å². The van der Waals surface area contributed by atoms with Gasteiger partial charge in [0.1, 0.15) is 5.69 Å². The van der Waals surface area contributed by atoms with Gasteiger partial charge in [-0.25, -0.2) is 0 Å². The molecule has 2 saturated heterocycles. The molecule has 2 aliphatic heterocycles. The number of rotatable bonds is 3. The SMILES string of the molecule is Cl.O=C(c1ccn(C2CCCNC2)n1)N1CCCCCC1c1ccccc1. The van der Waals surface area contributed by atoms with Crippen LogP contribution in [-0.4, -0.2) is 40.2 Å². The molecule has 2 aromatic rings. The van der Waals surface area contributed by atoms with Gasteiger partial charge in [0.2, 0.25) is 0 Å². The Morgan fingerprint density at radius 3 is 2.67 bits per heavy atom. The lowest BCUT2D eigenvalue weighted by Crippen LogP contribution is -2.35. The van der Waals surface area contributed by atoms with Gasteiger partial charge in [-0.05, 0) is 43.9 Å². The van der Waals surface area contributed by atoms with Crippen molar-refractivity contribution in [3.8, 4) is 0 Å². The zero-order valence-electron chi connectivity index (χ0n) is 15.7. The second-order valence-electron chi connectivity index (χ2n) is 7.46. The summed E-state index contributed by atoms with van der Waals surface area (Å²) in [6.07, 6.45) is 8.72.